The Labute approximate surface area is 145 Å². The summed E-state index contributed by atoms with van der Waals surface area (Å²) in [4.78, 5) is 0. The number of para-hydroxylation sites is 1. The van der Waals surface area contributed by atoms with Crippen molar-refractivity contribution < 1.29 is 16.8 Å². The monoisotopic (exact) mass is 370 g/mol. The lowest BCUT2D eigenvalue weighted by atomic mass is 10.3. The maximum Gasteiger partial charge on any atom is 0.316 e. The molecule has 0 fully saturated rings. The Bertz CT molecular complexity index is 786. The number of nitrogen functional groups attached to an aromatic ring is 1. The van der Waals surface area contributed by atoms with Gasteiger partial charge in [0.25, 0.3) is 0 Å². The van der Waals surface area contributed by atoms with Gasteiger partial charge in [0.2, 0.25) is 0 Å². The number of anilines is 1. The molecule has 0 saturated heterocycles. The van der Waals surface area contributed by atoms with E-state index in [1.165, 1.54) is 0 Å². The van der Waals surface area contributed by atoms with Gasteiger partial charge in [-0.25, -0.2) is 8.42 Å². The third kappa shape index (κ3) is 12.4. The molecule has 0 radical (unpaired) electrons. The van der Waals surface area contributed by atoms with Gasteiger partial charge in [-0.3, -0.25) is 0 Å². The molecule has 0 aromatic heterocycles. The topological polar surface area (TPSA) is 107 Å². The second-order valence-corrected chi connectivity index (χ2v) is 7.63. The molecule has 0 aliphatic heterocycles. The van der Waals surface area contributed by atoms with E-state index in [-0.39, 0.29) is 11.5 Å². The van der Waals surface area contributed by atoms with Crippen molar-refractivity contribution >= 4 is 31.7 Å². The summed E-state index contributed by atoms with van der Waals surface area (Å²) in [5.41, 5.74) is 6.63. The average molecular weight is 370 g/mol. The van der Waals surface area contributed by atoms with Crippen molar-refractivity contribution in [1.82, 2.24) is 0 Å². The molecule has 2 aromatic rings. The van der Waals surface area contributed by atoms with E-state index in [0.717, 1.165) is 5.69 Å². The highest BCUT2D eigenvalue weighted by atomic mass is 32.2. The summed E-state index contributed by atoms with van der Waals surface area (Å²) in [6, 6.07) is 18.0. The fraction of sp³-hybridized carbons (Fsp3) is 0.250. The highest BCUT2D eigenvalue weighted by Gasteiger charge is 1.99. The lowest BCUT2D eigenvalue weighted by Crippen LogP contribution is -2.04. The Balaban J connectivity index is 0.000000340. The Hall–Kier alpha value is -2.19. The molecule has 0 aliphatic rings. The molecule has 0 saturated carbocycles. The molecule has 0 heterocycles. The van der Waals surface area contributed by atoms with Crippen LogP contribution in [-0.4, -0.2) is 28.3 Å². The molecule has 8 heteroatoms. The predicted octanol–water partition coefficient (Wildman–Crippen LogP) is 3.09. The van der Waals surface area contributed by atoms with Crippen LogP contribution in [0.25, 0.3) is 0 Å². The lowest BCUT2D eigenvalue weighted by Gasteiger charge is -1.89. The zero-order valence-corrected chi connectivity index (χ0v) is 15.3. The first-order valence-corrected chi connectivity index (χ1v) is 10.0. The fourth-order valence-electron chi connectivity index (χ4n) is 1.23. The van der Waals surface area contributed by atoms with Crippen molar-refractivity contribution in [3.05, 3.63) is 60.7 Å². The van der Waals surface area contributed by atoms with Gasteiger partial charge in [-0.05, 0) is 24.3 Å². The van der Waals surface area contributed by atoms with Gasteiger partial charge < -0.3 is 5.73 Å². The van der Waals surface area contributed by atoms with Gasteiger partial charge in [0.1, 0.15) is 9.84 Å². The molecular weight excluding hydrogens is 348 g/mol. The Morgan fingerprint density at radius 3 is 1.54 bits per heavy atom. The van der Waals surface area contributed by atoms with E-state index in [0.29, 0.717) is 5.69 Å². The number of nitrogens with zero attached hydrogens (tertiary/aromatic N) is 1. The van der Waals surface area contributed by atoms with Crippen molar-refractivity contribution in [3.8, 4) is 0 Å². The summed E-state index contributed by atoms with van der Waals surface area (Å²) >= 11 is 0. The molecule has 0 aliphatic carbocycles. The van der Waals surface area contributed by atoms with E-state index in [2.05, 4.69) is 4.36 Å². The minimum Gasteiger partial charge on any atom is -0.399 e. The minimum absolute atomic E-state index is 0.267. The maximum atomic E-state index is 10.4. The summed E-state index contributed by atoms with van der Waals surface area (Å²) in [7, 11) is -5.00. The van der Waals surface area contributed by atoms with Crippen LogP contribution in [0, 0.1) is 0 Å². The van der Waals surface area contributed by atoms with Crippen molar-refractivity contribution in [1.29, 1.82) is 0 Å². The van der Waals surface area contributed by atoms with Crippen LogP contribution >= 0.6 is 0 Å². The summed E-state index contributed by atoms with van der Waals surface area (Å²) in [5, 5.41) is 0. The minimum atomic E-state index is -2.66. The van der Waals surface area contributed by atoms with Crippen molar-refractivity contribution in [3.63, 3.8) is 0 Å². The molecule has 6 nitrogen and oxygen atoms in total. The Morgan fingerprint density at radius 1 is 0.875 bits per heavy atom. The van der Waals surface area contributed by atoms with Gasteiger partial charge in [-0.2, -0.15) is 8.42 Å². The van der Waals surface area contributed by atoms with Gasteiger partial charge in [0.15, 0.2) is 0 Å². The first kappa shape index (κ1) is 21.8. The van der Waals surface area contributed by atoms with Crippen LogP contribution in [0.5, 0.6) is 0 Å². The van der Waals surface area contributed by atoms with Gasteiger partial charge >= 0.3 is 10.5 Å². The van der Waals surface area contributed by atoms with E-state index < -0.39 is 20.3 Å². The second kappa shape index (κ2) is 12.3. The van der Waals surface area contributed by atoms with Gasteiger partial charge in [0.05, 0.1) is 5.69 Å². The van der Waals surface area contributed by atoms with Crippen LogP contribution < -0.4 is 5.73 Å². The molecule has 0 bridgehead atoms. The molecule has 2 N–H and O–H groups in total. The molecule has 24 heavy (non-hydrogen) atoms. The van der Waals surface area contributed by atoms with E-state index in [9.17, 15) is 16.8 Å². The van der Waals surface area contributed by atoms with E-state index in [1.54, 1.807) is 44.2 Å². The van der Waals surface area contributed by atoms with Gasteiger partial charge in [0, 0.05) is 17.2 Å². The quantitative estimate of drug-likeness (QED) is 0.836. The average Bonchev–Trinajstić information content (AvgIpc) is 2.57. The van der Waals surface area contributed by atoms with Gasteiger partial charge in [-0.1, -0.05) is 50.2 Å². The van der Waals surface area contributed by atoms with E-state index in [1.807, 2.05) is 30.3 Å². The third-order valence-electron chi connectivity index (χ3n) is 2.62. The smallest absolute Gasteiger partial charge is 0.316 e. The first-order chi connectivity index (χ1) is 11.3. The fourth-order valence-corrected chi connectivity index (χ4v) is 1.93. The Kier molecular flexibility index (Phi) is 11.1. The predicted molar refractivity (Wildman–Crippen MR) is 98.3 cm³/mol. The normalized spacial score (nSPS) is 9.58. The highest BCUT2D eigenvalue weighted by molar-refractivity contribution is 7.91. The van der Waals surface area contributed by atoms with Crippen LogP contribution in [0.3, 0.4) is 0 Å². The largest absolute Gasteiger partial charge is 0.399 e. The van der Waals surface area contributed by atoms with E-state index >= 15 is 0 Å². The first-order valence-electron chi connectivity index (χ1n) is 7.17. The van der Waals surface area contributed by atoms with Gasteiger partial charge in [-0.15, -0.1) is 4.36 Å². The summed E-state index contributed by atoms with van der Waals surface area (Å²) in [6.45, 7) is 3.30. The number of hydrogen-bond donors (Lipinski definition) is 1. The van der Waals surface area contributed by atoms with Crippen LogP contribution in [0.4, 0.5) is 11.4 Å². The highest BCUT2D eigenvalue weighted by Crippen LogP contribution is 2.08. The number of nitrogens with two attached hydrogens (primary N) is 1. The Morgan fingerprint density at radius 2 is 1.29 bits per heavy atom. The number of benzene rings is 2. The maximum absolute atomic E-state index is 10.4. The van der Waals surface area contributed by atoms with E-state index in [4.69, 9.17) is 5.73 Å². The standard InChI is InChI=1S/C6H5NO2S.C6H7N.C4H10O2S/c8-10(9)7-6-4-2-1-3-5-6;7-6-4-2-1-3-5-6;1-3-7(5,6)4-2/h1-5H;1-5H,7H2;3-4H2,1-2H3. The number of sulfone groups is 1. The molecule has 0 unspecified atom stereocenters. The summed E-state index contributed by atoms with van der Waals surface area (Å²) in [6.07, 6.45) is 0. The molecule has 2 aromatic carbocycles. The molecule has 2 rings (SSSR count). The molecule has 0 spiro atoms. The molecule has 132 valence electrons. The number of rotatable bonds is 3. The van der Waals surface area contributed by atoms with Crippen LogP contribution in [0.15, 0.2) is 65.0 Å². The van der Waals surface area contributed by atoms with Crippen molar-refractivity contribution in [2.45, 2.75) is 13.8 Å². The SMILES string of the molecule is CCS(=O)(=O)CC.Nc1ccccc1.O=S(=O)=Nc1ccccc1. The number of hydrogen-bond acceptors (Lipinski definition) is 6. The zero-order chi connectivity index (χ0) is 18.4. The molecule has 0 atom stereocenters. The van der Waals surface area contributed by atoms with Crippen molar-refractivity contribution in [2.24, 2.45) is 4.36 Å². The second-order valence-electron chi connectivity index (χ2n) is 4.38. The summed E-state index contributed by atoms with van der Waals surface area (Å²) in [5.74, 6) is 0.535. The third-order valence-corrected chi connectivity index (χ3v) is 4.73. The van der Waals surface area contributed by atoms with Crippen LogP contribution in [0.2, 0.25) is 0 Å². The van der Waals surface area contributed by atoms with Crippen molar-refractivity contribution in [2.75, 3.05) is 17.2 Å². The van der Waals surface area contributed by atoms with Crippen LogP contribution in [-0.2, 0) is 20.3 Å². The molecular formula is C16H22N2O4S2. The zero-order valence-electron chi connectivity index (χ0n) is 13.7. The lowest BCUT2D eigenvalue weighted by molar-refractivity contribution is 0.598. The summed E-state index contributed by atoms with van der Waals surface area (Å²) < 4.78 is 44.0. The van der Waals surface area contributed by atoms with Crippen LogP contribution in [0.1, 0.15) is 13.8 Å². The molecule has 0 amide bonds.